The van der Waals surface area contributed by atoms with E-state index in [4.69, 9.17) is 21.6 Å². The molecule has 0 amide bonds. The third-order valence-corrected chi connectivity index (χ3v) is 4.09. The lowest BCUT2D eigenvalue weighted by Crippen LogP contribution is -2.03. The summed E-state index contributed by atoms with van der Waals surface area (Å²) < 4.78 is 6.74. The number of ether oxygens (including phenoxy) is 1. The van der Waals surface area contributed by atoms with Crippen molar-refractivity contribution in [3.8, 4) is 11.8 Å². The first-order valence-electron chi connectivity index (χ1n) is 6.55. The Labute approximate surface area is 136 Å². The van der Waals surface area contributed by atoms with Crippen LogP contribution in [0.3, 0.4) is 0 Å². The number of anilines is 1. The van der Waals surface area contributed by atoms with Gasteiger partial charge in [0, 0.05) is 28.0 Å². The summed E-state index contributed by atoms with van der Waals surface area (Å²) in [5, 5.41) is 13.0. The van der Waals surface area contributed by atoms with Crippen LogP contribution in [0.5, 0.6) is 5.75 Å². The molecule has 1 aliphatic heterocycles. The van der Waals surface area contributed by atoms with Crippen molar-refractivity contribution in [3.05, 3.63) is 56.5 Å². The minimum absolute atomic E-state index is 0.576. The summed E-state index contributed by atoms with van der Waals surface area (Å²) in [5.74, 6) is 0.950. The van der Waals surface area contributed by atoms with Gasteiger partial charge < -0.3 is 10.1 Å². The second-order valence-electron chi connectivity index (χ2n) is 4.81. The molecule has 0 aliphatic carbocycles. The fraction of sp³-hybridized carbons (Fsp3) is 0.188. The Balaban J connectivity index is 1.86. The van der Waals surface area contributed by atoms with Crippen LogP contribution >= 0.6 is 27.5 Å². The van der Waals surface area contributed by atoms with Crippen molar-refractivity contribution in [2.24, 2.45) is 0 Å². The highest BCUT2D eigenvalue weighted by molar-refractivity contribution is 9.10. The summed E-state index contributed by atoms with van der Waals surface area (Å²) in [6.45, 7) is 1.30. The van der Waals surface area contributed by atoms with Gasteiger partial charge in [-0.15, -0.1) is 0 Å². The van der Waals surface area contributed by atoms with E-state index >= 15 is 0 Å². The molecule has 1 aliphatic rings. The lowest BCUT2D eigenvalue weighted by Gasteiger charge is -2.12. The molecule has 0 bridgehead atoms. The monoisotopic (exact) mass is 362 g/mol. The average Bonchev–Trinajstić information content (AvgIpc) is 2.93. The Morgan fingerprint density at radius 1 is 1.33 bits per heavy atom. The quantitative estimate of drug-likeness (QED) is 0.872. The Hall–Kier alpha value is -1.70. The van der Waals surface area contributed by atoms with Crippen molar-refractivity contribution in [2.75, 3.05) is 11.9 Å². The molecule has 5 heteroatoms. The van der Waals surface area contributed by atoms with E-state index in [9.17, 15) is 0 Å². The topological polar surface area (TPSA) is 45.0 Å². The van der Waals surface area contributed by atoms with E-state index in [1.807, 2.05) is 6.07 Å². The molecule has 2 aromatic carbocycles. The van der Waals surface area contributed by atoms with Gasteiger partial charge in [-0.2, -0.15) is 5.26 Å². The molecule has 0 aromatic heterocycles. The first-order valence-corrected chi connectivity index (χ1v) is 7.72. The van der Waals surface area contributed by atoms with E-state index in [1.54, 1.807) is 18.2 Å². The second kappa shape index (κ2) is 5.97. The predicted molar refractivity (Wildman–Crippen MR) is 86.8 cm³/mol. The van der Waals surface area contributed by atoms with Gasteiger partial charge in [0.1, 0.15) is 11.8 Å². The zero-order chi connectivity index (χ0) is 14.8. The zero-order valence-electron chi connectivity index (χ0n) is 11.1. The van der Waals surface area contributed by atoms with E-state index < -0.39 is 0 Å². The fourth-order valence-electron chi connectivity index (χ4n) is 2.43. The highest BCUT2D eigenvalue weighted by Crippen LogP contribution is 2.33. The number of nitriles is 1. The number of nitrogens with one attached hydrogen (secondary N) is 1. The summed E-state index contributed by atoms with van der Waals surface area (Å²) >= 11 is 9.52. The molecule has 0 fully saturated rings. The molecule has 3 nitrogen and oxygen atoms in total. The van der Waals surface area contributed by atoms with Crippen LogP contribution in [-0.4, -0.2) is 6.61 Å². The van der Waals surface area contributed by atoms with Crippen molar-refractivity contribution < 1.29 is 4.74 Å². The molecule has 0 radical (unpaired) electrons. The maximum Gasteiger partial charge on any atom is 0.127 e. The first-order chi connectivity index (χ1) is 10.2. The molecule has 0 atom stereocenters. The molecule has 21 heavy (non-hydrogen) atoms. The smallest absolute Gasteiger partial charge is 0.127 e. The summed E-state index contributed by atoms with van der Waals surface area (Å²) in [5.41, 5.74) is 3.59. The summed E-state index contributed by atoms with van der Waals surface area (Å²) in [7, 11) is 0. The first kappa shape index (κ1) is 14.2. The average molecular weight is 364 g/mol. The molecular formula is C16H12BrClN2O. The van der Waals surface area contributed by atoms with Crippen molar-refractivity contribution >= 4 is 33.2 Å². The lowest BCUT2D eigenvalue weighted by molar-refractivity contribution is 0.354. The lowest BCUT2D eigenvalue weighted by atomic mass is 10.1. The summed E-state index contributed by atoms with van der Waals surface area (Å²) in [6, 6.07) is 11.5. The van der Waals surface area contributed by atoms with Crippen LogP contribution in [0.4, 0.5) is 5.69 Å². The minimum Gasteiger partial charge on any atom is -0.493 e. The maximum atomic E-state index is 9.14. The third-order valence-electron chi connectivity index (χ3n) is 3.40. The van der Waals surface area contributed by atoms with Crippen molar-refractivity contribution in [2.45, 2.75) is 13.0 Å². The van der Waals surface area contributed by atoms with Crippen LogP contribution in [-0.2, 0) is 13.0 Å². The standard InChI is InChI=1S/C16H12BrClN2O/c17-13-5-10-3-4-21-16(10)12(6-13)9-20-15-7-14(18)2-1-11(15)8-19/h1-2,5-7,20H,3-4,9H2. The molecule has 1 N–H and O–H groups in total. The Morgan fingerprint density at radius 2 is 2.19 bits per heavy atom. The Kier molecular flexibility index (Phi) is 4.05. The highest BCUT2D eigenvalue weighted by Gasteiger charge is 2.17. The normalized spacial score (nSPS) is 12.4. The van der Waals surface area contributed by atoms with Gasteiger partial charge in [-0.1, -0.05) is 27.5 Å². The number of fused-ring (bicyclic) bond motifs is 1. The molecule has 0 spiro atoms. The number of rotatable bonds is 3. The van der Waals surface area contributed by atoms with E-state index in [0.29, 0.717) is 17.1 Å². The van der Waals surface area contributed by atoms with E-state index in [-0.39, 0.29) is 0 Å². The summed E-state index contributed by atoms with van der Waals surface area (Å²) in [4.78, 5) is 0. The molecule has 1 heterocycles. The van der Waals surface area contributed by atoms with Gasteiger partial charge in [-0.25, -0.2) is 0 Å². The van der Waals surface area contributed by atoms with Gasteiger partial charge in [0.15, 0.2) is 0 Å². The molecule has 3 rings (SSSR count). The van der Waals surface area contributed by atoms with Gasteiger partial charge in [0.2, 0.25) is 0 Å². The van der Waals surface area contributed by atoms with Crippen LogP contribution in [0, 0.1) is 11.3 Å². The van der Waals surface area contributed by atoms with Crippen LogP contribution in [0.15, 0.2) is 34.8 Å². The maximum absolute atomic E-state index is 9.14. The van der Waals surface area contributed by atoms with Crippen LogP contribution in [0.25, 0.3) is 0 Å². The Morgan fingerprint density at radius 3 is 3.00 bits per heavy atom. The van der Waals surface area contributed by atoms with Crippen LogP contribution in [0.1, 0.15) is 16.7 Å². The number of halogens is 2. The summed E-state index contributed by atoms with van der Waals surface area (Å²) in [6.07, 6.45) is 0.933. The molecule has 0 unspecified atom stereocenters. The zero-order valence-corrected chi connectivity index (χ0v) is 13.5. The van der Waals surface area contributed by atoms with Crippen LogP contribution < -0.4 is 10.1 Å². The van der Waals surface area contributed by atoms with Crippen molar-refractivity contribution in [1.29, 1.82) is 5.26 Å². The molecule has 0 saturated carbocycles. The fourth-order valence-corrected chi connectivity index (χ4v) is 3.15. The molecule has 106 valence electrons. The number of hydrogen-bond acceptors (Lipinski definition) is 3. The van der Waals surface area contributed by atoms with E-state index in [2.05, 4.69) is 33.4 Å². The molecular weight excluding hydrogens is 352 g/mol. The SMILES string of the molecule is N#Cc1ccc(Cl)cc1NCc1cc(Br)cc2c1OCC2. The number of benzene rings is 2. The number of hydrogen-bond donors (Lipinski definition) is 1. The van der Waals surface area contributed by atoms with Crippen molar-refractivity contribution in [3.63, 3.8) is 0 Å². The van der Waals surface area contributed by atoms with Gasteiger partial charge in [0.05, 0.1) is 17.9 Å². The highest BCUT2D eigenvalue weighted by atomic mass is 79.9. The van der Waals surface area contributed by atoms with Crippen LogP contribution in [0.2, 0.25) is 5.02 Å². The van der Waals surface area contributed by atoms with E-state index in [1.165, 1.54) is 5.56 Å². The van der Waals surface area contributed by atoms with Gasteiger partial charge in [-0.3, -0.25) is 0 Å². The van der Waals surface area contributed by atoms with E-state index in [0.717, 1.165) is 34.5 Å². The molecule has 2 aromatic rings. The molecule has 0 saturated heterocycles. The van der Waals surface area contributed by atoms with Gasteiger partial charge >= 0.3 is 0 Å². The third kappa shape index (κ3) is 2.99. The van der Waals surface area contributed by atoms with Crippen molar-refractivity contribution in [1.82, 2.24) is 0 Å². The van der Waals surface area contributed by atoms with Gasteiger partial charge in [-0.05, 0) is 35.9 Å². The number of nitrogens with zero attached hydrogens (tertiary/aromatic N) is 1. The second-order valence-corrected chi connectivity index (χ2v) is 6.16. The Bertz CT molecular complexity index is 740. The van der Waals surface area contributed by atoms with Gasteiger partial charge in [0.25, 0.3) is 0 Å². The minimum atomic E-state index is 0.576. The largest absolute Gasteiger partial charge is 0.493 e. The predicted octanol–water partition coefficient (Wildman–Crippen LogP) is 4.52.